The number of carbonyl (C=O) groups excluding carboxylic acids is 3. The summed E-state index contributed by atoms with van der Waals surface area (Å²) < 4.78 is 2.05. The number of imidazole rings is 1. The summed E-state index contributed by atoms with van der Waals surface area (Å²) in [6.45, 7) is 8.99. The lowest BCUT2D eigenvalue weighted by Gasteiger charge is -2.43. The number of rotatable bonds is 5. The molecule has 0 unspecified atom stereocenters. The number of aryl methyl sites for hydroxylation is 1. The molecule has 1 aromatic heterocycles. The minimum atomic E-state index is -0.884. The molecular weight excluding hydrogens is 394 g/mol. The second-order valence-electron chi connectivity index (χ2n) is 9.91. The van der Waals surface area contributed by atoms with Crippen LogP contribution < -0.4 is 10.6 Å². The van der Waals surface area contributed by atoms with E-state index in [0.717, 1.165) is 28.2 Å². The number of carbonyl (C=O) groups is 3. The number of fused-ring (bicyclic) bond motifs is 1. The topological polar surface area (TPSA) is 96.3 Å². The van der Waals surface area contributed by atoms with Crippen LogP contribution in [0.15, 0.2) is 24.3 Å². The molecule has 2 atom stereocenters. The zero-order valence-corrected chi connectivity index (χ0v) is 18.7. The highest BCUT2D eigenvalue weighted by molar-refractivity contribution is 6.09. The smallest absolute Gasteiger partial charge is 0.325 e. The van der Waals surface area contributed by atoms with E-state index in [-0.39, 0.29) is 23.8 Å². The van der Waals surface area contributed by atoms with Crippen LogP contribution in [-0.4, -0.2) is 50.9 Å². The van der Waals surface area contributed by atoms with Crippen LogP contribution in [0, 0.1) is 18.3 Å². The maximum absolute atomic E-state index is 13.2. The first-order valence-corrected chi connectivity index (χ1v) is 10.9. The molecule has 2 N–H and O–H groups in total. The van der Waals surface area contributed by atoms with Gasteiger partial charge >= 0.3 is 6.03 Å². The van der Waals surface area contributed by atoms with Crippen molar-refractivity contribution < 1.29 is 14.4 Å². The average molecular weight is 426 g/mol. The SMILES string of the molecule is Cc1nc2ccccc2n1CCNC(=O)CN1C(=O)N[C@]2(C[C@H](C)CC(C)(C)C2)C1=O. The van der Waals surface area contributed by atoms with Crippen molar-refractivity contribution in [2.45, 2.75) is 59.0 Å². The molecule has 4 amide bonds. The first kappa shape index (κ1) is 21.3. The Morgan fingerprint density at radius 3 is 2.74 bits per heavy atom. The molecule has 1 aromatic carbocycles. The fraction of sp³-hybridized carbons (Fsp3) is 0.565. The van der Waals surface area contributed by atoms with Crippen molar-refractivity contribution in [2.24, 2.45) is 11.3 Å². The Labute approximate surface area is 182 Å². The van der Waals surface area contributed by atoms with Crippen molar-refractivity contribution in [2.75, 3.05) is 13.1 Å². The molecule has 2 aliphatic rings. The molecule has 1 aliphatic heterocycles. The largest absolute Gasteiger partial charge is 0.353 e. The van der Waals surface area contributed by atoms with Gasteiger partial charge in [0, 0.05) is 13.1 Å². The van der Waals surface area contributed by atoms with Crippen LogP contribution in [0.25, 0.3) is 11.0 Å². The Bertz CT molecular complexity index is 1040. The van der Waals surface area contributed by atoms with Gasteiger partial charge in [-0.25, -0.2) is 9.78 Å². The molecule has 1 spiro atoms. The third-order valence-corrected chi connectivity index (χ3v) is 6.43. The van der Waals surface area contributed by atoms with Crippen LogP contribution in [0.3, 0.4) is 0 Å². The Balaban J connectivity index is 1.37. The highest BCUT2D eigenvalue weighted by Gasteiger charge is 2.56. The zero-order valence-electron chi connectivity index (χ0n) is 18.7. The van der Waals surface area contributed by atoms with E-state index in [9.17, 15) is 14.4 Å². The van der Waals surface area contributed by atoms with Gasteiger partial charge in [-0.2, -0.15) is 0 Å². The summed E-state index contributed by atoms with van der Waals surface area (Å²) in [4.78, 5) is 43.8. The standard InChI is InChI=1S/C23H31N5O3/c1-15-11-22(3,4)14-23(12-15)20(30)28(21(31)26-23)13-19(29)24-9-10-27-16(2)25-17-7-5-6-8-18(17)27/h5-8,15H,9-14H2,1-4H3,(H,24,29)(H,26,31)/t15-,23+/m1/s1. The van der Waals surface area contributed by atoms with Gasteiger partial charge in [0.25, 0.3) is 5.91 Å². The van der Waals surface area contributed by atoms with Crippen LogP contribution in [0.1, 0.15) is 45.9 Å². The monoisotopic (exact) mass is 425 g/mol. The lowest BCUT2D eigenvalue weighted by atomic mass is 9.64. The van der Waals surface area contributed by atoms with Crippen LogP contribution in [0.5, 0.6) is 0 Å². The summed E-state index contributed by atoms with van der Waals surface area (Å²) in [5.74, 6) is 0.588. The molecular formula is C23H31N5O3. The second kappa shape index (κ2) is 7.66. The van der Waals surface area contributed by atoms with Gasteiger partial charge in [0.2, 0.25) is 5.91 Å². The van der Waals surface area contributed by atoms with Gasteiger partial charge in [-0.05, 0) is 49.7 Å². The number of urea groups is 1. The predicted octanol–water partition coefficient (Wildman–Crippen LogP) is 2.60. The lowest BCUT2D eigenvalue weighted by Crippen LogP contribution is -2.54. The number of benzene rings is 1. The number of hydrogen-bond acceptors (Lipinski definition) is 4. The Kier molecular flexibility index (Phi) is 5.27. The normalized spacial score (nSPS) is 25.3. The Morgan fingerprint density at radius 1 is 1.26 bits per heavy atom. The summed E-state index contributed by atoms with van der Waals surface area (Å²) in [6, 6.07) is 7.38. The van der Waals surface area contributed by atoms with E-state index in [1.165, 1.54) is 0 Å². The van der Waals surface area contributed by atoms with Gasteiger partial charge in [0.15, 0.2) is 0 Å². The number of nitrogens with zero attached hydrogens (tertiary/aromatic N) is 3. The molecule has 8 nitrogen and oxygen atoms in total. The fourth-order valence-corrected chi connectivity index (χ4v) is 5.63. The maximum Gasteiger partial charge on any atom is 0.325 e. The summed E-state index contributed by atoms with van der Waals surface area (Å²) in [6.07, 6.45) is 2.23. The van der Waals surface area contributed by atoms with Gasteiger partial charge in [-0.3, -0.25) is 14.5 Å². The van der Waals surface area contributed by atoms with Gasteiger partial charge in [0.1, 0.15) is 17.9 Å². The average Bonchev–Trinajstić information content (AvgIpc) is 3.09. The van der Waals surface area contributed by atoms with E-state index in [0.29, 0.717) is 31.8 Å². The number of para-hydroxylation sites is 2. The highest BCUT2D eigenvalue weighted by Crippen LogP contribution is 2.46. The van der Waals surface area contributed by atoms with E-state index in [4.69, 9.17) is 0 Å². The molecule has 2 heterocycles. The minimum absolute atomic E-state index is 0.0374. The van der Waals surface area contributed by atoms with Gasteiger partial charge < -0.3 is 15.2 Å². The van der Waals surface area contributed by atoms with Crippen molar-refractivity contribution in [1.82, 2.24) is 25.1 Å². The van der Waals surface area contributed by atoms with Crippen LogP contribution in [-0.2, 0) is 16.1 Å². The molecule has 0 bridgehead atoms. The fourth-order valence-electron chi connectivity index (χ4n) is 5.63. The van der Waals surface area contributed by atoms with E-state index < -0.39 is 11.6 Å². The molecule has 166 valence electrons. The van der Waals surface area contributed by atoms with Crippen LogP contribution >= 0.6 is 0 Å². The first-order chi connectivity index (χ1) is 14.6. The number of aromatic nitrogens is 2. The van der Waals surface area contributed by atoms with Crippen molar-refractivity contribution in [3.63, 3.8) is 0 Å². The van der Waals surface area contributed by atoms with Gasteiger partial charge in [-0.15, -0.1) is 0 Å². The van der Waals surface area contributed by atoms with Crippen molar-refractivity contribution >= 4 is 28.9 Å². The molecule has 8 heteroatoms. The number of hydrogen-bond donors (Lipinski definition) is 2. The second-order valence-corrected chi connectivity index (χ2v) is 9.91. The van der Waals surface area contributed by atoms with Gasteiger partial charge in [-0.1, -0.05) is 32.9 Å². The lowest BCUT2D eigenvalue weighted by molar-refractivity contribution is -0.137. The van der Waals surface area contributed by atoms with Gasteiger partial charge in [0.05, 0.1) is 11.0 Å². The predicted molar refractivity (Wildman–Crippen MR) is 117 cm³/mol. The molecule has 1 aliphatic carbocycles. The summed E-state index contributed by atoms with van der Waals surface area (Å²) >= 11 is 0. The molecule has 2 aromatic rings. The summed E-state index contributed by atoms with van der Waals surface area (Å²) in [5.41, 5.74) is 1.01. The van der Waals surface area contributed by atoms with Crippen LogP contribution in [0.2, 0.25) is 0 Å². The Morgan fingerprint density at radius 2 is 2.00 bits per heavy atom. The van der Waals surface area contributed by atoms with Crippen molar-refractivity contribution in [3.05, 3.63) is 30.1 Å². The maximum atomic E-state index is 13.2. The van der Waals surface area contributed by atoms with E-state index >= 15 is 0 Å². The third-order valence-electron chi connectivity index (χ3n) is 6.43. The van der Waals surface area contributed by atoms with E-state index in [1.54, 1.807) is 0 Å². The molecule has 4 rings (SSSR count). The summed E-state index contributed by atoms with van der Waals surface area (Å²) in [5, 5.41) is 5.75. The molecule has 1 saturated heterocycles. The number of amides is 4. The van der Waals surface area contributed by atoms with Crippen LogP contribution in [0.4, 0.5) is 4.79 Å². The molecule has 31 heavy (non-hydrogen) atoms. The first-order valence-electron chi connectivity index (χ1n) is 10.9. The molecule has 2 fully saturated rings. The number of imide groups is 1. The minimum Gasteiger partial charge on any atom is -0.353 e. The van der Waals surface area contributed by atoms with E-state index in [2.05, 4.69) is 36.4 Å². The van der Waals surface area contributed by atoms with Crippen molar-refractivity contribution in [1.29, 1.82) is 0 Å². The summed E-state index contributed by atoms with van der Waals surface area (Å²) in [7, 11) is 0. The van der Waals surface area contributed by atoms with E-state index in [1.807, 2.05) is 35.8 Å². The highest BCUT2D eigenvalue weighted by atomic mass is 16.2. The molecule has 0 radical (unpaired) electrons. The quantitative estimate of drug-likeness (QED) is 0.720. The third kappa shape index (κ3) is 4.03. The molecule has 1 saturated carbocycles. The number of nitrogens with one attached hydrogen (secondary N) is 2. The Hall–Kier alpha value is -2.90. The van der Waals surface area contributed by atoms with Crippen molar-refractivity contribution in [3.8, 4) is 0 Å². The zero-order chi connectivity index (χ0) is 22.4.